The van der Waals surface area contributed by atoms with Crippen LogP contribution < -0.4 is 5.32 Å². The Hall–Kier alpha value is -3.69. The van der Waals surface area contributed by atoms with Crippen LogP contribution in [0.2, 0.25) is 0 Å². The van der Waals surface area contributed by atoms with E-state index in [1.807, 2.05) is 136 Å². The molecule has 3 heteroatoms. The molecule has 0 aliphatic heterocycles. The Balaban J connectivity index is 1.99. The van der Waals surface area contributed by atoms with Crippen molar-refractivity contribution in [3.8, 4) is 0 Å². The first-order valence-electron chi connectivity index (χ1n) is 11.6. The first-order chi connectivity index (χ1) is 16.3. The normalized spacial score (nSPS) is 12.7. The van der Waals surface area contributed by atoms with Crippen molar-refractivity contribution in [1.82, 2.24) is 0 Å². The smallest absolute Gasteiger partial charge is 0.229 e. The van der Waals surface area contributed by atoms with Crippen LogP contribution in [0.25, 0.3) is 0 Å². The largest absolute Gasteiger partial charge is 0.379 e. The molecule has 3 nitrogen and oxygen atoms in total. The zero-order chi connectivity index (χ0) is 24.2. The molecule has 0 fully saturated rings. The Morgan fingerprint density at radius 3 is 1.62 bits per heavy atom. The van der Waals surface area contributed by atoms with Gasteiger partial charge in [0.25, 0.3) is 0 Å². The van der Waals surface area contributed by atoms with E-state index in [9.17, 15) is 9.90 Å². The second-order valence-corrected chi connectivity index (χ2v) is 9.63. The fourth-order valence-electron chi connectivity index (χ4n) is 4.35. The molecule has 34 heavy (non-hydrogen) atoms. The summed E-state index contributed by atoms with van der Waals surface area (Å²) < 4.78 is 0. The lowest BCUT2D eigenvalue weighted by atomic mass is 9.69. The van der Waals surface area contributed by atoms with Gasteiger partial charge < -0.3 is 10.4 Å². The second kappa shape index (κ2) is 9.66. The number of amides is 1. The molecule has 2 N–H and O–H groups in total. The van der Waals surface area contributed by atoms with Crippen LogP contribution >= 0.6 is 0 Å². The molecule has 0 saturated heterocycles. The van der Waals surface area contributed by atoms with Gasteiger partial charge in [-0.05, 0) is 28.3 Å². The molecule has 4 aromatic rings. The van der Waals surface area contributed by atoms with Gasteiger partial charge in [0.15, 0.2) is 0 Å². The lowest BCUT2D eigenvalue weighted by Gasteiger charge is -2.39. The van der Waals surface area contributed by atoms with Gasteiger partial charge in [0.2, 0.25) is 5.91 Å². The van der Waals surface area contributed by atoms with E-state index < -0.39 is 16.9 Å². The quantitative estimate of drug-likeness (QED) is 0.342. The summed E-state index contributed by atoms with van der Waals surface area (Å²) in [4.78, 5) is 13.0. The minimum absolute atomic E-state index is 0.0743. The van der Waals surface area contributed by atoms with E-state index >= 15 is 0 Å². The van der Waals surface area contributed by atoms with Crippen LogP contribution in [0.15, 0.2) is 115 Å². The van der Waals surface area contributed by atoms with Crippen LogP contribution in [0.3, 0.4) is 0 Å². The summed E-state index contributed by atoms with van der Waals surface area (Å²) in [5.74, 6) is -0.551. The minimum Gasteiger partial charge on any atom is -0.379 e. The van der Waals surface area contributed by atoms with Gasteiger partial charge in [-0.25, -0.2) is 0 Å². The van der Waals surface area contributed by atoms with Gasteiger partial charge in [0.05, 0.1) is 0 Å². The Labute approximate surface area is 202 Å². The molecule has 0 bridgehead atoms. The van der Waals surface area contributed by atoms with E-state index in [-0.39, 0.29) is 5.91 Å². The average molecular weight is 450 g/mol. The summed E-state index contributed by atoms with van der Waals surface area (Å²) in [7, 11) is 0. The molecule has 4 rings (SSSR count). The van der Waals surface area contributed by atoms with Crippen molar-refractivity contribution >= 4 is 11.6 Å². The van der Waals surface area contributed by atoms with E-state index in [1.54, 1.807) is 0 Å². The molecule has 0 spiro atoms. The Morgan fingerprint density at radius 2 is 1.12 bits per heavy atom. The lowest BCUT2D eigenvalue weighted by Crippen LogP contribution is -2.36. The predicted molar refractivity (Wildman–Crippen MR) is 139 cm³/mol. The summed E-state index contributed by atoms with van der Waals surface area (Å²) in [6.45, 7) is 5.68. The SMILES string of the molecule is CC(C)(C)C(=O)Nc1ccccc1C(c1ccccc1)C(O)(c1ccccc1)c1ccccc1. The van der Waals surface area contributed by atoms with Crippen molar-refractivity contribution in [2.24, 2.45) is 5.41 Å². The number of nitrogens with one attached hydrogen (secondary N) is 1. The molecule has 0 radical (unpaired) electrons. The van der Waals surface area contributed by atoms with Gasteiger partial charge in [-0.1, -0.05) is 130 Å². The van der Waals surface area contributed by atoms with Crippen LogP contribution in [0.4, 0.5) is 5.69 Å². The zero-order valence-electron chi connectivity index (χ0n) is 19.9. The third kappa shape index (κ3) is 4.66. The molecule has 172 valence electrons. The summed E-state index contributed by atoms with van der Waals surface area (Å²) >= 11 is 0. The van der Waals surface area contributed by atoms with Crippen LogP contribution in [-0.2, 0) is 10.4 Å². The van der Waals surface area contributed by atoms with Gasteiger partial charge >= 0.3 is 0 Å². The Kier molecular flexibility index (Phi) is 6.67. The number of hydrogen-bond acceptors (Lipinski definition) is 2. The molecule has 1 atom stereocenters. The molecular formula is C31H31NO2. The molecule has 0 aromatic heterocycles. The fourth-order valence-corrected chi connectivity index (χ4v) is 4.35. The van der Waals surface area contributed by atoms with Gasteiger partial charge in [0.1, 0.15) is 5.60 Å². The van der Waals surface area contributed by atoms with Gasteiger partial charge in [-0.15, -0.1) is 0 Å². The highest BCUT2D eigenvalue weighted by Gasteiger charge is 2.43. The van der Waals surface area contributed by atoms with Crippen molar-refractivity contribution in [2.45, 2.75) is 32.3 Å². The van der Waals surface area contributed by atoms with E-state index in [0.717, 1.165) is 22.3 Å². The van der Waals surface area contributed by atoms with Gasteiger partial charge in [-0.3, -0.25) is 4.79 Å². The number of carbonyl (C=O) groups is 1. The molecule has 1 unspecified atom stereocenters. The van der Waals surface area contributed by atoms with Crippen molar-refractivity contribution in [1.29, 1.82) is 0 Å². The third-order valence-electron chi connectivity index (χ3n) is 6.18. The summed E-state index contributed by atoms with van der Waals surface area (Å²) in [5.41, 5.74) is 2.13. The van der Waals surface area contributed by atoms with Crippen LogP contribution in [0.5, 0.6) is 0 Å². The lowest BCUT2D eigenvalue weighted by molar-refractivity contribution is -0.123. The molecule has 0 saturated carbocycles. The number of carbonyl (C=O) groups excluding carboxylic acids is 1. The maximum atomic E-state index is 13.0. The number of anilines is 1. The van der Waals surface area contributed by atoms with Crippen molar-refractivity contribution in [2.75, 3.05) is 5.32 Å². The molecule has 1 amide bonds. The maximum Gasteiger partial charge on any atom is 0.229 e. The first kappa shape index (κ1) is 23.5. The number of benzene rings is 4. The first-order valence-corrected chi connectivity index (χ1v) is 11.6. The number of rotatable bonds is 6. The van der Waals surface area contributed by atoms with Gasteiger partial charge in [-0.2, -0.15) is 0 Å². The monoisotopic (exact) mass is 449 g/mol. The predicted octanol–water partition coefficient (Wildman–Crippen LogP) is 6.74. The molecule has 0 aliphatic rings. The van der Waals surface area contributed by atoms with Crippen LogP contribution in [0, 0.1) is 5.41 Å². The third-order valence-corrected chi connectivity index (χ3v) is 6.18. The van der Waals surface area contributed by atoms with Crippen molar-refractivity contribution in [3.63, 3.8) is 0 Å². The molecule has 0 aliphatic carbocycles. The average Bonchev–Trinajstić information content (AvgIpc) is 2.86. The van der Waals surface area contributed by atoms with Crippen molar-refractivity contribution < 1.29 is 9.90 Å². The van der Waals surface area contributed by atoms with E-state index in [1.165, 1.54) is 0 Å². The van der Waals surface area contributed by atoms with Gasteiger partial charge in [0, 0.05) is 17.0 Å². The van der Waals surface area contributed by atoms with Crippen molar-refractivity contribution in [3.05, 3.63) is 138 Å². The molecule has 4 aromatic carbocycles. The van der Waals surface area contributed by atoms with E-state index in [2.05, 4.69) is 5.32 Å². The minimum atomic E-state index is -1.38. The summed E-state index contributed by atoms with van der Waals surface area (Å²) in [6, 6.07) is 37.3. The highest BCUT2D eigenvalue weighted by atomic mass is 16.3. The Morgan fingerprint density at radius 1 is 0.676 bits per heavy atom. The fraction of sp³-hybridized carbons (Fsp3) is 0.194. The zero-order valence-corrected chi connectivity index (χ0v) is 19.9. The standard InChI is InChI=1S/C31H31NO2/c1-30(2,3)29(33)32-27-22-14-13-21-26(27)28(23-15-7-4-8-16-23)31(34,24-17-9-5-10-18-24)25-19-11-6-12-20-25/h4-22,28,34H,1-3H3,(H,32,33). The number of para-hydroxylation sites is 1. The maximum absolute atomic E-state index is 13.0. The van der Waals surface area contributed by atoms with Crippen LogP contribution in [-0.4, -0.2) is 11.0 Å². The van der Waals surface area contributed by atoms with E-state index in [0.29, 0.717) is 5.69 Å². The summed E-state index contributed by atoms with van der Waals surface area (Å²) in [5, 5.41) is 15.9. The highest BCUT2D eigenvalue weighted by molar-refractivity contribution is 5.95. The molecule has 0 heterocycles. The number of hydrogen-bond donors (Lipinski definition) is 2. The van der Waals surface area contributed by atoms with E-state index in [4.69, 9.17) is 0 Å². The molecular weight excluding hydrogens is 418 g/mol. The number of aliphatic hydroxyl groups is 1. The topological polar surface area (TPSA) is 49.3 Å². The van der Waals surface area contributed by atoms with Crippen LogP contribution in [0.1, 0.15) is 48.9 Å². The highest BCUT2D eigenvalue weighted by Crippen LogP contribution is 2.48. The summed E-state index contributed by atoms with van der Waals surface area (Å²) in [6.07, 6.45) is 0. The second-order valence-electron chi connectivity index (χ2n) is 9.63. The Bertz CT molecular complexity index is 1190.